The molecule has 1 aromatic rings. The minimum atomic E-state index is -0.374. The molecule has 0 aromatic carbocycles. The van der Waals surface area contributed by atoms with Gasteiger partial charge in [-0.05, 0) is 20.3 Å². The lowest BCUT2D eigenvalue weighted by Gasteiger charge is -2.14. The maximum Gasteiger partial charge on any atom is 0.258 e. The molecule has 1 rings (SSSR count). The Morgan fingerprint density at radius 2 is 2.29 bits per heavy atom. The minimum Gasteiger partial charge on any atom is -0.292 e. The van der Waals surface area contributed by atoms with Crippen LogP contribution in [0.15, 0.2) is 0 Å². The normalized spacial score (nSPS) is 12.6. The van der Waals surface area contributed by atoms with Gasteiger partial charge >= 0.3 is 0 Å². The molecule has 78 valence electrons. The lowest BCUT2D eigenvalue weighted by atomic mass is 10.2. The zero-order chi connectivity index (χ0) is 10.7. The van der Waals surface area contributed by atoms with Crippen molar-refractivity contribution in [2.75, 3.05) is 0 Å². The number of carbonyl (C=O) groups is 1. The van der Waals surface area contributed by atoms with Crippen LogP contribution in [0.1, 0.15) is 31.0 Å². The van der Waals surface area contributed by atoms with Gasteiger partial charge in [-0.3, -0.25) is 10.2 Å². The summed E-state index contributed by atoms with van der Waals surface area (Å²) >= 11 is 0. The molecular weight excluding hydrogens is 182 g/mol. The molecule has 0 fully saturated rings. The van der Waals surface area contributed by atoms with E-state index in [0.717, 1.165) is 5.82 Å². The summed E-state index contributed by atoms with van der Waals surface area (Å²) in [5, 5.41) is 4.14. The molecular formula is C8H15N5O. The summed E-state index contributed by atoms with van der Waals surface area (Å²) in [6, 6.07) is -0.374. The van der Waals surface area contributed by atoms with Crippen molar-refractivity contribution in [3.05, 3.63) is 11.6 Å². The number of aryl methyl sites for hydroxylation is 2. The van der Waals surface area contributed by atoms with Gasteiger partial charge in [-0.25, -0.2) is 15.5 Å². The third kappa shape index (κ3) is 1.90. The van der Waals surface area contributed by atoms with E-state index in [4.69, 9.17) is 5.84 Å². The van der Waals surface area contributed by atoms with Gasteiger partial charge in [-0.1, -0.05) is 6.92 Å². The number of amides is 1. The summed E-state index contributed by atoms with van der Waals surface area (Å²) in [7, 11) is 0. The summed E-state index contributed by atoms with van der Waals surface area (Å²) in [5.74, 6) is 6.21. The van der Waals surface area contributed by atoms with Crippen molar-refractivity contribution in [1.29, 1.82) is 0 Å². The van der Waals surface area contributed by atoms with Crippen LogP contribution in [0.2, 0.25) is 0 Å². The van der Waals surface area contributed by atoms with E-state index in [2.05, 4.69) is 15.5 Å². The van der Waals surface area contributed by atoms with E-state index < -0.39 is 0 Å². The van der Waals surface area contributed by atoms with E-state index in [-0.39, 0.29) is 11.9 Å². The molecule has 1 atom stereocenters. The number of carbonyl (C=O) groups excluding carboxylic acids is 1. The summed E-state index contributed by atoms with van der Waals surface area (Å²) < 4.78 is 1.59. The molecule has 1 unspecified atom stereocenters. The van der Waals surface area contributed by atoms with E-state index in [0.29, 0.717) is 12.2 Å². The Bertz CT molecular complexity index is 332. The van der Waals surface area contributed by atoms with Crippen LogP contribution in [0.3, 0.4) is 0 Å². The van der Waals surface area contributed by atoms with Crippen LogP contribution in [-0.2, 0) is 4.79 Å². The van der Waals surface area contributed by atoms with Crippen LogP contribution in [0.4, 0.5) is 0 Å². The molecule has 0 aliphatic heterocycles. The van der Waals surface area contributed by atoms with Crippen molar-refractivity contribution >= 4 is 5.91 Å². The first-order valence-corrected chi connectivity index (χ1v) is 4.50. The highest BCUT2D eigenvalue weighted by Gasteiger charge is 2.20. The van der Waals surface area contributed by atoms with Gasteiger partial charge in [0.15, 0.2) is 0 Å². The topological polar surface area (TPSA) is 85.8 Å². The van der Waals surface area contributed by atoms with Gasteiger partial charge in [0.1, 0.15) is 17.7 Å². The van der Waals surface area contributed by atoms with Crippen LogP contribution in [0.25, 0.3) is 0 Å². The Balaban J connectivity index is 3.00. The second-order valence-electron chi connectivity index (χ2n) is 3.08. The maximum atomic E-state index is 11.4. The smallest absolute Gasteiger partial charge is 0.258 e. The summed E-state index contributed by atoms with van der Waals surface area (Å²) in [6.45, 7) is 5.50. The molecule has 0 radical (unpaired) electrons. The number of nitrogens with two attached hydrogens (primary N) is 1. The fourth-order valence-corrected chi connectivity index (χ4v) is 1.40. The zero-order valence-corrected chi connectivity index (χ0v) is 8.61. The van der Waals surface area contributed by atoms with E-state index in [1.807, 2.05) is 13.8 Å². The minimum absolute atomic E-state index is 0.250. The molecule has 14 heavy (non-hydrogen) atoms. The number of rotatable bonds is 3. The molecule has 0 saturated carbocycles. The largest absolute Gasteiger partial charge is 0.292 e. The molecule has 3 N–H and O–H groups in total. The van der Waals surface area contributed by atoms with Crippen LogP contribution < -0.4 is 11.3 Å². The Labute approximate surface area is 82.5 Å². The van der Waals surface area contributed by atoms with Crippen LogP contribution in [-0.4, -0.2) is 20.7 Å². The molecule has 6 heteroatoms. The molecule has 6 nitrogen and oxygen atoms in total. The molecule has 0 saturated heterocycles. The molecule has 1 heterocycles. The highest BCUT2D eigenvalue weighted by atomic mass is 16.2. The van der Waals surface area contributed by atoms with Crippen molar-refractivity contribution in [2.24, 2.45) is 5.84 Å². The van der Waals surface area contributed by atoms with Gasteiger partial charge < -0.3 is 0 Å². The van der Waals surface area contributed by atoms with Crippen LogP contribution in [0, 0.1) is 13.8 Å². The third-order valence-electron chi connectivity index (χ3n) is 2.03. The average molecular weight is 197 g/mol. The summed E-state index contributed by atoms with van der Waals surface area (Å²) in [5.41, 5.74) is 2.12. The lowest BCUT2D eigenvalue weighted by molar-refractivity contribution is -0.124. The van der Waals surface area contributed by atoms with Crippen molar-refractivity contribution < 1.29 is 4.79 Å². The van der Waals surface area contributed by atoms with Gasteiger partial charge in [0, 0.05) is 0 Å². The number of nitrogens with zero attached hydrogens (tertiary/aromatic N) is 3. The Morgan fingerprint density at radius 3 is 2.64 bits per heavy atom. The second kappa shape index (κ2) is 4.19. The first-order chi connectivity index (χ1) is 6.60. The fourth-order valence-electron chi connectivity index (χ4n) is 1.40. The maximum absolute atomic E-state index is 11.4. The quantitative estimate of drug-likeness (QED) is 0.400. The zero-order valence-electron chi connectivity index (χ0n) is 8.61. The monoisotopic (exact) mass is 197 g/mol. The highest BCUT2D eigenvalue weighted by Crippen LogP contribution is 2.12. The lowest BCUT2D eigenvalue weighted by Crippen LogP contribution is -2.37. The van der Waals surface area contributed by atoms with Crippen LogP contribution in [0.5, 0.6) is 0 Å². The van der Waals surface area contributed by atoms with Gasteiger partial charge in [-0.2, -0.15) is 5.10 Å². The Hall–Kier alpha value is -1.43. The number of hydrogen-bond acceptors (Lipinski definition) is 4. The highest BCUT2D eigenvalue weighted by molar-refractivity contribution is 5.79. The standard InChI is InChI=1S/C8H15N5O/c1-4-7(8(14)11-9)13-6(3)10-5(2)12-13/h7H,4,9H2,1-3H3,(H,11,14). The number of hydrazine groups is 1. The van der Waals surface area contributed by atoms with Crippen molar-refractivity contribution in [3.63, 3.8) is 0 Å². The van der Waals surface area contributed by atoms with Gasteiger partial charge in [0.2, 0.25) is 0 Å². The summed E-state index contributed by atoms with van der Waals surface area (Å²) in [4.78, 5) is 15.5. The molecule has 0 spiro atoms. The van der Waals surface area contributed by atoms with Gasteiger partial charge in [0.05, 0.1) is 0 Å². The Morgan fingerprint density at radius 1 is 1.64 bits per heavy atom. The van der Waals surface area contributed by atoms with Gasteiger partial charge in [-0.15, -0.1) is 0 Å². The molecule has 0 aliphatic rings. The third-order valence-corrected chi connectivity index (χ3v) is 2.03. The number of hydrogen-bond donors (Lipinski definition) is 2. The first kappa shape index (κ1) is 10.6. The van der Waals surface area contributed by atoms with Crippen LogP contribution >= 0.6 is 0 Å². The van der Waals surface area contributed by atoms with E-state index >= 15 is 0 Å². The van der Waals surface area contributed by atoms with Crippen molar-refractivity contribution in [3.8, 4) is 0 Å². The summed E-state index contributed by atoms with van der Waals surface area (Å²) in [6.07, 6.45) is 0.632. The average Bonchev–Trinajstić information content (AvgIpc) is 2.47. The predicted octanol–water partition coefficient (Wildman–Crippen LogP) is -0.164. The molecule has 1 amide bonds. The van der Waals surface area contributed by atoms with E-state index in [1.54, 1.807) is 11.6 Å². The van der Waals surface area contributed by atoms with E-state index in [1.165, 1.54) is 0 Å². The second-order valence-corrected chi connectivity index (χ2v) is 3.08. The van der Waals surface area contributed by atoms with Gasteiger partial charge in [0.25, 0.3) is 5.91 Å². The first-order valence-electron chi connectivity index (χ1n) is 4.50. The predicted molar refractivity (Wildman–Crippen MR) is 51.2 cm³/mol. The van der Waals surface area contributed by atoms with E-state index in [9.17, 15) is 4.79 Å². The SMILES string of the molecule is CCC(C(=O)NN)n1nc(C)nc1C. The molecule has 1 aromatic heterocycles. The molecule has 0 aliphatic carbocycles. The Kier molecular flexibility index (Phi) is 3.19. The van der Waals surface area contributed by atoms with Crippen molar-refractivity contribution in [1.82, 2.24) is 20.2 Å². The molecule has 0 bridgehead atoms. The number of aromatic nitrogens is 3. The van der Waals surface area contributed by atoms with Crippen molar-refractivity contribution in [2.45, 2.75) is 33.2 Å². The number of nitrogens with one attached hydrogen (secondary N) is 1. The fraction of sp³-hybridized carbons (Fsp3) is 0.625.